The van der Waals surface area contributed by atoms with Crippen LogP contribution in [-0.2, 0) is 11.2 Å². The lowest BCUT2D eigenvalue weighted by Gasteiger charge is -2.17. The van der Waals surface area contributed by atoms with Gasteiger partial charge in [-0.15, -0.1) is 0 Å². The lowest BCUT2D eigenvalue weighted by atomic mass is 10.1. The van der Waals surface area contributed by atoms with Crippen molar-refractivity contribution in [3.05, 3.63) is 48.3 Å². The van der Waals surface area contributed by atoms with E-state index >= 15 is 0 Å². The number of hydrogen-bond donors (Lipinski definition) is 1. The number of aromatic nitrogens is 2. The van der Waals surface area contributed by atoms with Gasteiger partial charge in [-0.2, -0.15) is 5.10 Å². The van der Waals surface area contributed by atoms with E-state index in [9.17, 15) is 4.79 Å². The average molecular weight is 295 g/mol. The molecule has 0 spiro atoms. The minimum Gasteiger partial charge on any atom is -0.353 e. The van der Waals surface area contributed by atoms with Crippen molar-refractivity contribution < 1.29 is 4.79 Å². The largest absolute Gasteiger partial charge is 0.353 e. The van der Waals surface area contributed by atoms with E-state index in [0.717, 1.165) is 23.1 Å². The van der Waals surface area contributed by atoms with Crippen molar-refractivity contribution in [2.45, 2.75) is 38.1 Å². The van der Waals surface area contributed by atoms with Crippen molar-refractivity contribution in [1.29, 1.82) is 0 Å². The first-order chi connectivity index (χ1) is 10.8. The first kappa shape index (κ1) is 13.6. The molecule has 2 saturated carbocycles. The van der Waals surface area contributed by atoms with E-state index in [1.165, 1.54) is 25.7 Å². The Kier molecular flexibility index (Phi) is 3.45. The average Bonchev–Trinajstić information content (AvgIpc) is 3.45. The van der Waals surface area contributed by atoms with E-state index in [2.05, 4.69) is 10.4 Å². The van der Waals surface area contributed by atoms with Gasteiger partial charge in [0.2, 0.25) is 5.91 Å². The monoisotopic (exact) mass is 295 g/mol. The number of amides is 1. The summed E-state index contributed by atoms with van der Waals surface area (Å²) in [6, 6.07) is 10.4. The van der Waals surface area contributed by atoms with Crippen LogP contribution >= 0.6 is 0 Å². The summed E-state index contributed by atoms with van der Waals surface area (Å²) >= 11 is 0. The quantitative estimate of drug-likeness (QED) is 0.890. The number of nitrogens with zero attached hydrogens (tertiary/aromatic N) is 2. The molecule has 2 aliphatic rings. The van der Waals surface area contributed by atoms with E-state index in [1.54, 1.807) is 6.20 Å². The van der Waals surface area contributed by atoms with Crippen LogP contribution in [0.4, 0.5) is 0 Å². The fraction of sp³-hybridized carbons (Fsp3) is 0.444. The van der Waals surface area contributed by atoms with Crippen LogP contribution in [0.2, 0.25) is 0 Å². The normalized spacial score (nSPS) is 17.7. The second-order valence-corrected chi connectivity index (χ2v) is 6.56. The fourth-order valence-corrected chi connectivity index (χ4v) is 3.14. The van der Waals surface area contributed by atoms with E-state index in [0.29, 0.717) is 12.5 Å². The van der Waals surface area contributed by atoms with Gasteiger partial charge in [0.1, 0.15) is 0 Å². The number of carbonyl (C=O) groups excluding carboxylic acids is 1. The molecular weight excluding hydrogens is 274 g/mol. The topological polar surface area (TPSA) is 46.9 Å². The van der Waals surface area contributed by atoms with Gasteiger partial charge in [-0.25, -0.2) is 4.68 Å². The second kappa shape index (κ2) is 5.59. The molecule has 4 nitrogen and oxygen atoms in total. The second-order valence-electron chi connectivity index (χ2n) is 6.56. The van der Waals surface area contributed by atoms with Crippen LogP contribution in [0.3, 0.4) is 0 Å². The molecule has 0 saturated heterocycles. The van der Waals surface area contributed by atoms with Crippen LogP contribution in [0.15, 0.2) is 42.7 Å². The first-order valence-corrected chi connectivity index (χ1v) is 8.18. The van der Waals surface area contributed by atoms with Gasteiger partial charge < -0.3 is 5.32 Å². The van der Waals surface area contributed by atoms with Crippen LogP contribution in [-0.4, -0.2) is 21.7 Å². The lowest BCUT2D eigenvalue weighted by Crippen LogP contribution is -2.38. The van der Waals surface area contributed by atoms with Gasteiger partial charge in [0.05, 0.1) is 12.1 Å². The van der Waals surface area contributed by atoms with Crippen LogP contribution in [0.25, 0.3) is 5.69 Å². The third kappa shape index (κ3) is 3.06. The standard InChI is InChI=1S/C18H21N3O/c22-17(20-18(14-4-5-14)15-6-7-15)12-13-2-8-16(9-3-13)21-11-1-10-19-21/h1-3,8-11,14-15,18H,4-7,12H2,(H,20,22). The predicted molar refractivity (Wildman–Crippen MR) is 84.6 cm³/mol. The fourth-order valence-electron chi connectivity index (χ4n) is 3.14. The van der Waals surface area contributed by atoms with Crippen molar-refractivity contribution in [2.24, 2.45) is 11.8 Å². The molecule has 1 amide bonds. The Hall–Kier alpha value is -2.10. The molecule has 1 aromatic heterocycles. The number of carbonyl (C=O) groups is 1. The van der Waals surface area contributed by atoms with Gasteiger partial charge in [0.15, 0.2) is 0 Å². The number of rotatable bonds is 6. The van der Waals surface area contributed by atoms with E-state index in [4.69, 9.17) is 0 Å². The SMILES string of the molecule is O=C(Cc1ccc(-n2cccn2)cc1)NC(C1CC1)C1CC1. The molecule has 2 fully saturated rings. The summed E-state index contributed by atoms with van der Waals surface area (Å²) in [5.41, 5.74) is 2.07. The summed E-state index contributed by atoms with van der Waals surface area (Å²) in [6.45, 7) is 0. The summed E-state index contributed by atoms with van der Waals surface area (Å²) in [5.74, 6) is 1.66. The Morgan fingerprint density at radius 1 is 1.18 bits per heavy atom. The zero-order chi connectivity index (χ0) is 14.9. The highest BCUT2D eigenvalue weighted by Gasteiger charge is 2.42. The highest BCUT2D eigenvalue weighted by atomic mass is 16.1. The van der Waals surface area contributed by atoms with Gasteiger partial charge in [0, 0.05) is 18.4 Å². The Morgan fingerprint density at radius 2 is 1.86 bits per heavy atom. The third-order valence-corrected chi connectivity index (χ3v) is 4.66. The molecular formula is C18H21N3O. The predicted octanol–water partition coefficient (Wildman–Crippen LogP) is 2.72. The van der Waals surface area contributed by atoms with Crippen LogP contribution in [0.5, 0.6) is 0 Å². The number of benzene rings is 1. The number of hydrogen-bond acceptors (Lipinski definition) is 2. The Morgan fingerprint density at radius 3 is 2.41 bits per heavy atom. The molecule has 1 aromatic carbocycles. The van der Waals surface area contributed by atoms with Gasteiger partial charge in [0.25, 0.3) is 0 Å². The molecule has 4 heteroatoms. The molecule has 22 heavy (non-hydrogen) atoms. The Balaban J connectivity index is 1.37. The van der Waals surface area contributed by atoms with Gasteiger partial charge >= 0.3 is 0 Å². The Labute approximate surface area is 130 Å². The van der Waals surface area contributed by atoms with Crippen LogP contribution < -0.4 is 5.32 Å². The maximum absolute atomic E-state index is 12.3. The molecule has 1 N–H and O–H groups in total. The maximum Gasteiger partial charge on any atom is 0.224 e. The summed E-state index contributed by atoms with van der Waals surface area (Å²) in [5, 5.41) is 7.48. The molecule has 4 rings (SSSR count). The van der Waals surface area contributed by atoms with Gasteiger partial charge in [-0.1, -0.05) is 12.1 Å². The van der Waals surface area contributed by atoms with Crippen molar-refractivity contribution >= 4 is 5.91 Å². The van der Waals surface area contributed by atoms with E-state index in [-0.39, 0.29) is 5.91 Å². The van der Waals surface area contributed by atoms with E-state index in [1.807, 2.05) is 41.2 Å². The first-order valence-electron chi connectivity index (χ1n) is 8.18. The maximum atomic E-state index is 12.3. The summed E-state index contributed by atoms with van der Waals surface area (Å²) in [7, 11) is 0. The Bertz CT molecular complexity index is 627. The van der Waals surface area contributed by atoms with Gasteiger partial charge in [-0.3, -0.25) is 4.79 Å². The van der Waals surface area contributed by atoms with Crippen molar-refractivity contribution in [3.63, 3.8) is 0 Å². The van der Waals surface area contributed by atoms with Crippen LogP contribution in [0.1, 0.15) is 31.2 Å². The van der Waals surface area contributed by atoms with Gasteiger partial charge in [-0.05, 0) is 61.3 Å². The zero-order valence-corrected chi connectivity index (χ0v) is 12.6. The molecule has 0 atom stereocenters. The molecule has 0 unspecified atom stereocenters. The van der Waals surface area contributed by atoms with Crippen LogP contribution in [0, 0.1) is 11.8 Å². The zero-order valence-electron chi connectivity index (χ0n) is 12.6. The molecule has 114 valence electrons. The minimum atomic E-state index is 0.163. The highest BCUT2D eigenvalue weighted by molar-refractivity contribution is 5.79. The minimum absolute atomic E-state index is 0.163. The smallest absolute Gasteiger partial charge is 0.224 e. The molecule has 0 aliphatic heterocycles. The molecule has 2 aromatic rings. The molecule has 1 heterocycles. The molecule has 2 aliphatic carbocycles. The highest BCUT2D eigenvalue weighted by Crippen LogP contribution is 2.44. The van der Waals surface area contributed by atoms with Crippen molar-refractivity contribution in [3.8, 4) is 5.69 Å². The lowest BCUT2D eigenvalue weighted by molar-refractivity contribution is -0.121. The van der Waals surface area contributed by atoms with Crippen molar-refractivity contribution in [1.82, 2.24) is 15.1 Å². The summed E-state index contributed by atoms with van der Waals surface area (Å²) in [4.78, 5) is 12.3. The molecule has 0 radical (unpaired) electrons. The molecule has 0 bridgehead atoms. The summed E-state index contributed by atoms with van der Waals surface area (Å²) < 4.78 is 1.82. The number of nitrogens with one attached hydrogen (secondary N) is 1. The third-order valence-electron chi connectivity index (χ3n) is 4.66. The summed E-state index contributed by atoms with van der Waals surface area (Å²) in [6.07, 6.45) is 9.31. The van der Waals surface area contributed by atoms with Crippen molar-refractivity contribution in [2.75, 3.05) is 0 Å². The van der Waals surface area contributed by atoms with E-state index < -0.39 is 0 Å².